The van der Waals surface area contributed by atoms with Crippen molar-refractivity contribution in [2.45, 2.75) is 58.0 Å². The number of piperidine rings is 2. The number of aromatic nitrogens is 3. The smallest absolute Gasteiger partial charge is 0.313 e. The van der Waals surface area contributed by atoms with Crippen LogP contribution in [0, 0.1) is 5.92 Å². The second-order valence-electron chi connectivity index (χ2n) is 10.7. The topological polar surface area (TPSA) is 109 Å². The van der Waals surface area contributed by atoms with Gasteiger partial charge in [0.1, 0.15) is 5.82 Å². The normalized spacial score (nSPS) is 22.8. The summed E-state index contributed by atoms with van der Waals surface area (Å²) in [6.07, 6.45) is 8.44. The summed E-state index contributed by atoms with van der Waals surface area (Å²) < 4.78 is 2.11. The lowest BCUT2D eigenvalue weighted by Gasteiger charge is -2.38. The highest BCUT2D eigenvalue weighted by molar-refractivity contribution is 6.39. The number of rotatable bonds is 4. The molecule has 3 N–H and O–H groups in total. The molecule has 37 heavy (non-hydrogen) atoms. The van der Waals surface area contributed by atoms with Crippen molar-refractivity contribution in [1.29, 1.82) is 0 Å². The van der Waals surface area contributed by atoms with Crippen molar-refractivity contribution in [2.75, 3.05) is 37.7 Å². The summed E-state index contributed by atoms with van der Waals surface area (Å²) in [6.45, 7) is 6.77. The molecule has 2 aliphatic rings. The number of nitrogens with two attached hydrogens (primary N) is 1. The zero-order valence-corrected chi connectivity index (χ0v) is 22.0. The van der Waals surface area contributed by atoms with E-state index >= 15 is 0 Å². The molecule has 2 amide bonds. The number of nitrogens with one attached hydrogen (secondary N) is 1. The van der Waals surface area contributed by atoms with Crippen LogP contribution in [0.15, 0.2) is 36.7 Å². The lowest BCUT2D eigenvalue weighted by atomic mass is 9.89. The van der Waals surface area contributed by atoms with Gasteiger partial charge in [-0.25, -0.2) is 4.98 Å². The number of nitrogens with zero attached hydrogens (tertiary/aromatic N) is 5. The maximum Gasteiger partial charge on any atom is 0.313 e. The maximum absolute atomic E-state index is 13.4. The number of benzene rings is 1. The van der Waals surface area contributed by atoms with Gasteiger partial charge >= 0.3 is 11.8 Å². The molecule has 2 aliphatic heterocycles. The lowest BCUT2D eigenvalue weighted by molar-refractivity contribution is -0.146. The Labute approximate surface area is 218 Å². The minimum absolute atomic E-state index is 0.154. The molecule has 0 unspecified atom stereocenters. The Morgan fingerprint density at radius 2 is 2.00 bits per heavy atom. The molecule has 3 aromatic rings. The molecule has 0 bridgehead atoms. The van der Waals surface area contributed by atoms with Gasteiger partial charge in [-0.15, -0.1) is 0 Å². The molecule has 0 aliphatic carbocycles. The van der Waals surface area contributed by atoms with Crippen molar-refractivity contribution in [1.82, 2.24) is 24.6 Å². The summed E-state index contributed by atoms with van der Waals surface area (Å²) in [5.74, 6) is -0.408. The van der Waals surface area contributed by atoms with E-state index in [4.69, 9.17) is 10.8 Å². The zero-order valence-electron chi connectivity index (χ0n) is 22.0. The number of fused-ring (bicyclic) bond motifs is 1. The first-order valence-electron chi connectivity index (χ1n) is 13.4. The van der Waals surface area contributed by atoms with Crippen LogP contribution in [0.25, 0.3) is 10.9 Å². The number of anilines is 2. The van der Waals surface area contributed by atoms with Crippen molar-refractivity contribution < 1.29 is 9.59 Å². The number of aryl methyl sites for hydroxylation is 1. The molecule has 0 saturated carbocycles. The Morgan fingerprint density at radius 1 is 1.16 bits per heavy atom. The van der Waals surface area contributed by atoms with Crippen LogP contribution in [0.3, 0.4) is 0 Å². The lowest BCUT2D eigenvalue weighted by Crippen LogP contribution is -2.46. The van der Waals surface area contributed by atoms with Crippen molar-refractivity contribution >= 4 is 34.2 Å². The van der Waals surface area contributed by atoms with Gasteiger partial charge in [0, 0.05) is 24.7 Å². The first-order valence-corrected chi connectivity index (χ1v) is 13.4. The van der Waals surface area contributed by atoms with Crippen LogP contribution >= 0.6 is 0 Å². The maximum atomic E-state index is 13.4. The van der Waals surface area contributed by atoms with E-state index in [-0.39, 0.29) is 6.04 Å². The second-order valence-corrected chi connectivity index (χ2v) is 10.7. The highest BCUT2D eigenvalue weighted by Gasteiger charge is 2.34. The summed E-state index contributed by atoms with van der Waals surface area (Å²) in [7, 11) is 2.16. The molecule has 5 rings (SSSR count). The number of carbonyl (C=O) groups is 2. The first kappa shape index (κ1) is 25.2. The summed E-state index contributed by atoms with van der Waals surface area (Å²) in [4.78, 5) is 34.7. The molecule has 0 spiro atoms. The average Bonchev–Trinajstić information content (AvgIpc) is 3.33. The third-order valence-corrected chi connectivity index (χ3v) is 7.82. The molecular formula is C28H37N7O2. The SMILES string of the molecule is CCc1cc(NC(=O)C(=O)N2C[C@@H](C)CC[C@@H]2c2ccc3nn([C@H]4CCCN(C)C4)cc3c2)cnc1N. The van der Waals surface area contributed by atoms with Crippen LogP contribution in [0.2, 0.25) is 0 Å². The minimum Gasteiger partial charge on any atom is -0.383 e. The fraction of sp³-hybridized carbons (Fsp3) is 0.500. The fourth-order valence-corrected chi connectivity index (χ4v) is 5.72. The largest absolute Gasteiger partial charge is 0.383 e. The molecule has 9 heteroatoms. The van der Waals surface area contributed by atoms with E-state index in [1.54, 1.807) is 11.0 Å². The van der Waals surface area contributed by atoms with Crippen LogP contribution in [-0.4, -0.2) is 63.1 Å². The Balaban J connectivity index is 1.36. The molecule has 196 valence electrons. The standard InChI is InChI=1S/C28H37N7O2/c1-4-19-13-22(14-30-26(19)29)31-27(36)28(37)34-15-18(2)7-10-25(34)20-8-9-24-21(12-20)16-35(32-24)23-6-5-11-33(3)17-23/h8-9,12-14,16,18,23,25H,4-7,10-11,15,17H2,1-3H3,(H2,29,30)(H,31,36)/t18-,23-,25+/m0/s1. The first-order chi connectivity index (χ1) is 17.8. The van der Waals surface area contributed by atoms with Gasteiger partial charge < -0.3 is 20.9 Å². The predicted molar refractivity (Wildman–Crippen MR) is 145 cm³/mol. The van der Waals surface area contributed by atoms with Crippen molar-refractivity contribution in [3.63, 3.8) is 0 Å². The molecule has 3 atom stereocenters. The Morgan fingerprint density at radius 3 is 2.78 bits per heavy atom. The van der Waals surface area contributed by atoms with Gasteiger partial charge in [-0.2, -0.15) is 5.10 Å². The molecule has 4 heterocycles. The highest BCUT2D eigenvalue weighted by atomic mass is 16.2. The Hall–Kier alpha value is -3.46. The number of pyridine rings is 1. The summed E-state index contributed by atoms with van der Waals surface area (Å²) in [5.41, 5.74) is 9.21. The number of nitrogen functional groups attached to an aromatic ring is 1. The van der Waals surface area contributed by atoms with Gasteiger partial charge in [-0.3, -0.25) is 14.3 Å². The number of hydrogen-bond donors (Lipinski definition) is 2. The number of hydrogen-bond acceptors (Lipinski definition) is 6. The third-order valence-electron chi connectivity index (χ3n) is 7.82. The van der Waals surface area contributed by atoms with E-state index in [1.165, 1.54) is 12.6 Å². The van der Waals surface area contributed by atoms with E-state index in [0.717, 1.165) is 54.4 Å². The van der Waals surface area contributed by atoms with Crippen LogP contribution < -0.4 is 11.1 Å². The van der Waals surface area contributed by atoms with Crippen LogP contribution in [0.1, 0.15) is 62.7 Å². The quantitative estimate of drug-likeness (QED) is 0.525. The molecule has 2 saturated heterocycles. The Bertz CT molecular complexity index is 1300. The van der Waals surface area contributed by atoms with E-state index < -0.39 is 11.8 Å². The Kier molecular flexibility index (Phi) is 7.15. The van der Waals surface area contributed by atoms with Gasteiger partial charge in [0.25, 0.3) is 0 Å². The molecule has 2 fully saturated rings. The molecule has 0 radical (unpaired) electrons. The third kappa shape index (κ3) is 5.32. The molecule has 2 aromatic heterocycles. The zero-order chi connectivity index (χ0) is 26.1. The number of amides is 2. The molecule has 9 nitrogen and oxygen atoms in total. The van der Waals surface area contributed by atoms with Crippen LogP contribution in [-0.2, 0) is 16.0 Å². The van der Waals surface area contributed by atoms with Gasteiger partial charge in [-0.05, 0) is 80.9 Å². The number of likely N-dealkylation sites (N-methyl/N-ethyl adjacent to an activating group) is 1. The summed E-state index contributed by atoms with van der Waals surface area (Å²) in [6, 6.07) is 8.24. The van der Waals surface area contributed by atoms with E-state index in [9.17, 15) is 9.59 Å². The van der Waals surface area contributed by atoms with E-state index in [1.807, 2.05) is 13.0 Å². The van der Waals surface area contributed by atoms with Crippen molar-refractivity contribution in [3.8, 4) is 0 Å². The minimum atomic E-state index is -0.650. The second kappa shape index (κ2) is 10.5. The summed E-state index contributed by atoms with van der Waals surface area (Å²) >= 11 is 0. The van der Waals surface area contributed by atoms with Crippen molar-refractivity contribution in [2.24, 2.45) is 5.92 Å². The summed E-state index contributed by atoms with van der Waals surface area (Å²) in [5, 5.41) is 8.65. The van der Waals surface area contributed by atoms with Crippen LogP contribution in [0.5, 0.6) is 0 Å². The van der Waals surface area contributed by atoms with E-state index in [2.05, 4.69) is 52.2 Å². The van der Waals surface area contributed by atoms with E-state index in [0.29, 0.717) is 36.4 Å². The van der Waals surface area contributed by atoms with Gasteiger partial charge in [0.15, 0.2) is 0 Å². The molecular weight excluding hydrogens is 466 g/mol. The monoisotopic (exact) mass is 503 g/mol. The van der Waals surface area contributed by atoms with Gasteiger partial charge in [-0.1, -0.05) is 19.9 Å². The molecule has 1 aromatic carbocycles. The highest BCUT2D eigenvalue weighted by Crippen LogP contribution is 2.35. The van der Waals surface area contributed by atoms with Crippen molar-refractivity contribution in [3.05, 3.63) is 47.8 Å². The van der Waals surface area contributed by atoms with Gasteiger partial charge in [0.2, 0.25) is 0 Å². The van der Waals surface area contributed by atoms with Gasteiger partial charge in [0.05, 0.1) is 29.5 Å². The average molecular weight is 504 g/mol. The predicted octanol–water partition coefficient (Wildman–Crippen LogP) is 3.78. The van der Waals surface area contributed by atoms with Crippen LogP contribution in [0.4, 0.5) is 11.5 Å². The number of carbonyl (C=O) groups excluding carboxylic acids is 2. The fourth-order valence-electron chi connectivity index (χ4n) is 5.72. The number of likely N-dealkylation sites (tertiary alicyclic amines) is 2.